The van der Waals surface area contributed by atoms with Gasteiger partial charge in [0.2, 0.25) is 5.01 Å². The van der Waals surface area contributed by atoms with E-state index in [1.165, 1.54) is 11.3 Å². The van der Waals surface area contributed by atoms with Crippen molar-refractivity contribution >= 4 is 45.4 Å². The third-order valence-corrected chi connectivity index (χ3v) is 5.41. The van der Waals surface area contributed by atoms with Gasteiger partial charge in [-0.25, -0.2) is 4.98 Å². The number of aromatic amines is 1. The van der Waals surface area contributed by atoms with E-state index < -0.39 is 0 Å². The van der Waals surface area contributed by atoms with Gasteiger partial charge >= 0.3 is 0 Å². The molecule has 0 saturated heterocycles. The normalized spacial score (nSPS) is 11.2. The molecule has 30 heavy (non-hydrogen) atoms. The molecule has 8 nitrogen and oxygen atoms in total. The average Bonchev–Trinajstić information content (AvgIpc) is 3.18. The number of anilines is 1. The number of amides is 1. The number of halogens is 1. The number of carbonyl (C=O) groups is 1. The van der Waals surface area contributed by atoms with Crippen LogP contribution in [0, 0.1) is 0 Å². The lowest BCUT2D eigenvalue weighted by atomic mass is 10.2. The first-order valence-corrected chi connectivity index (χ1v) is 10.2. The molecule has 0 radical (unpaired) electrons. The first kappa shape index (κ1) is 20.1. The lowest BCUT2D eigenvalue weighted by molar-refractivity contribution is 0.102. The molecule has 2 aromatic heterocycles. The van der Waals surface area contributed by atoms with E-state index >= 15 is 0 Å². The molecule has 2 aromatic carbocycles. The molecule has 4 rings (SSSR count). The summed E-state index contributed by atoms with van der Waals surface area (Å²) in [5.74, 6) is 0.232. The zero-order chi connectivity index (χ0) is 21.1. The molecule has 0 saturated carbocycles. The van der Waals surface area contributed by atoms with Crippen molar-refractivity contribution in [3.8, 4) is 0 Å². The van der Waals surface area contributed by atoms with Gasteiger partial charge in [-0.05, 0) is 43.4 Å². The third-order valence-electron chi connectivity index (χ3n) is 4.25. The van der Waals surface area contributed by atoms with Crippen LogP contribution in [-0.2, 0) is 13.1 Å². The van der Waals surface area contributed by atoms with Crippen molar-refractivity contribution in [2.75, 3.05) is 12.4 Å². The molecule has 0 aliphatic carbocycles. The average molecular weight is 441 g/mol. The molecule has 10 heteroatoms. The summed E-state index contributed by atoms with van der Waals surface area (Å²) in [6.45, 7) is 0.883. The van der Waals surface area contributed by atoms with Crippen molar-refractivity contribution < 1.29 is 4.79 Å². The topological polar surface area (TPSA) is 104 Å². The second-order valence-electron chi connectivity index (χ2n) is 6.66. The summed E-state index contributed by atoms with van der Waals surface area (Å²) < 4.78 is 0. The quantitative estimate of drug-likeness (QED) is 0.476. The molecular weight excluding hydrogens is 424 g/mol. The first-order chi connectivity index (χ1) is 14.5. The van der Waals surface area contributed by atoms with E-state index in [9.17, 15) is 9.59 Å². The molecule has 0 aliphatic rings. The molecule has 152 valence electrons. The van der Waals surface area contributed by atoms with Crippen LogP contribution in [0.15, 0.2) is 53.3 Å². The maximum Gasteiger partial charge on any atom is 0.286 e. The number of rotatable bonds is 6. The van der Waals surface area contributed by atoms with E-state index in [1.54, 1.807) is 36.4 Å². The van der Waals surface area contributed by atoms with E-state index in [-0.39, 0.29) is 16.5 Å². The molecular formula is C20H17ClN6O2S. The Kier molecular flexibility index (Phi) is 5.84. The minimum Gasteiger partial charge on any atom is -0.320 e. The number of para-hydroxylation sites is 1. The number of hydrogen-bond acceptors (Lipinski definition) is 7. The first-order valence-electron chi connectivity index (χ1n) is 9.04. The summed E-state index contributed by atoms with van der Waals surface area (Å²) in [5, 5.41) is 12.9. The fraction of sp³-hybridized carbons (Fsp3) is 0.150. The van der Waals surface area contributed by atoms with Gasteiger partial charge in [0, 0.05) is 10.7 Å². The summed E-state index contributed by atoms with van der Waals surface area (Å²) in [6, 6.07) is 14.0. The molecule has 4 aromatic rings. The standard InChI is InChI=1S/C20H17ClN6O2S/c1-27(10-16-23-15-5-3-2-4-14(15)18(28)24-16)11-17-25-26-20(30-17)19(29)22-13-8-6-12(21)7-9-13/h2-9H,10-11H2,1H3,(H,22,29)(H,23,24,28). The lowest BCUT2D eigenvalue weighted by Crippen LogP contribution is -2.21. The lowest BCUT2D eigenvalue weighted by Gasteiger charge is -2.14. The van der Waals surface area contributed by atoms with Crippen molar-refractivity contribution in [1.82, 2.24) is 25.1 Å². The number of H-pyrrole nitrogens is 1. The molecule has 2 heterocycles. The Morgan fingerprint density at radius 2 is 1.90 bits per heavy atom. The van der Waals surface area contributed by atoms with Crippen LogP contribution in [0.2, 0.25) is 5.02 Å². The molecule has 2 N–H and O–H groups in total. The van der Waals surface area contributed by atoms with Gasteiger partial charge in [0.1, 0.15) is 10.8 Å². The van der Waals surface area contributed by atoms with Gasteiger partial charge in [-0.2, -0.15) is 0 Å². The van der Waals surface area contributed by atoms with Crippen molar-refractivity contribution in [1.29, 1.82) is 0 Å². The Hall–Kier alpha value is -3.14. The van der Waals surface area contributed by atoms with Crippen LogP contribution >= 0.6 is 22.9 Å². The number of hydrogen-bond donors (Lipinski definition) is 2. The zero-order valence-electron chi connectivity index (χ0n) is 15.9. The van der Waals surface area contributed by atoms with Gasteiger partial charge in [-0.1, -0.05) is 35.1 Å². The molecule has 0 fully saturated rings. The minimum atomic E-state index is -0.329. The van der Waals surface area contributed by atoms with Gasteiger partial charge in [-0.3, -0.25) is 14.5 Å². The van der Waals surface area contributed by atoms with Gasteiger partial charge in [0.15, 0.2) is 0 Å². The zero-order valence-corrected chi connectivity index (χ0v) is 17.5. The highest BCUT2D eigenvalue weighted by Gasteiger charge is 2.15. The predicted molar refractivity (Wildman–Crippen MR) is 117 cm³/mol. The molecule has 0 unspecified atom stereocenters. The highest BCUT2D eigenvalue weighted by atomic mass is 35.5. The number of nitrogens with one attached hydrogen (secondary N) is 2. The number of nitrogens with zero attached hydrogens (tertiary/aromatic N) is 4. The summed E-state index contributed by atoms with van der Waals surface area (Å²) in [6.07, 6.45) is 0. The summed E-state index contributed by atoms with van der Waals surface area (Å²) in [5.41, 5.74) is 1.12. The number of aromatic nitrogens is 4. The highest BCUT2D eigenvalue weighted by Crippen LogP contribution is 2.17. The Bertz CT molecular complexity index is 1250. The van der Waals surface area contributed by atoms with Crippen molar-refractivity contribution in [3.05, 3.63) is 79.7 Å². The second-order valence-corrected chi connectivity index (χ2v) is 8.16. The molecule has 0 spiro atoms. The maximum atomic E-state index is 12.4. The van der Waals surface area contributed by atoms with Crippen LogP contribution < -0.4 is 10.9 Å². The smallest absolute Gasteiger partial charge is 0.286 e. The van der Waals surface area contributed by atoms with Gasteiger partial charge in [-0.15, -0.1) is 10.2 Å². The van der Waals surface area contributed by atoms with Crippen LogP contribution in [0.3, 0.4) is 0 Å². The van der Waals surface area contributed by atoms with Crippen LogP contribution in [0.25, 0.3) is 10.9 Å². The Morgan fingerprint density at radius 1 is 1.13 bits per heavy atom. The van der Waals surface area contributed by atoms with E-state index in [1.807, 2.05) is 24.1 Å². The SMILES string of the molecule is CN(Cc1nc2ccccc2c(=O)[nH]1)Cc1nnc(C(=O)Nc2ccc(Cl)cc2)s1. The molecule has 0 atom stereocenters. The van der Waals surface area contributed by atoms with Crippen molar-refractivity contribution in [2.45, 2.75) is 13.1 Å². The fourth-order valence-corrected chi connectivity index (χ4v) is 3.82. The van der Waals surface area contributed by atoms with E-state index in [0.717, 1.165) is 0 Å². The van der Waals surface area contributed by atoms with Crippen molar-refractivity contribution in [2.24, 2.45) is 0 Å². The minimum absolute atomic E-state index is 0.166. The fourth-order valence-electron chi connectivity index (χ4n) is 2.88. The van der Waals surface area contributed by atoms with Gasteiger partial charge < -0.3 is 10.3 Å². The van der Waals surface area contributed by atoms with Crippen molar-refractivity contribution in [3.63, 3.8) is 0 Å². The molecule has 1 amide bonds. The van der Waals surface area contributed by atoms with E-state index in [0.29, 0.717) is 45.5 Å². The molecule has 0 aliphatic heterocycles. The highest BCUT2D eigenvalue weighted by molar-refractivity contribution is 7.13. The maximum absolute atomic E-state index is 12.4. The summed E-state index contributed by atoms with van der Waals surface area (Å²) in [4.78, 5) is 33.8. The number of carbonyl (C=O) groups excluding carboxylic acids is 1. The van der Waals surface area contributed by atoms with Crippen LogP contribution in [0.5, 0.6) is 0 Å². The van der Waals surface area contributed by atoms with Crippen LogP contribution in [0.1, 0.15) is 20.6 Å². The Balaban J connectivity index is 1.40. The monoisotopic (exact) mass is 440 g/mol. The predicted octanol–water partition coefficient (Wildman–Crippen LogP) is 3.31. The van der Waals surface area contributed by atoms with Crippen LogP contribution in [-0.4, -0.2) is 38.0 Å². The van der Waals surface area contributed by atoms with Crippen LogP contribution in [0.4, 0.5) is 5.69 Å². The second kappa shape index (κ2) is 8.70. The largest absolute Gasteiger partial charge is 0.320 e. The van der Waals surface area contributed by atoms with E-state index in [4.69, 9.17) is 11.6 Å². The Labute approximate surface area is 180 Å². The van der Waals surface area contributed by atoms with Gasteiger partial charge in [0.25, 0.3) is 11.5 Å². The number of benzene rings is 2. The summed E-state index contributed by atoms with van der Waals surface area (Å²) in [7, 11) is 1.88. The number of fused-ring (bicyclic) bond motifs is 1. The Morgan fingerprint density at radius 3 is 2.70 bits per heavy atom. The summed E-state index contributed by atoms with van der Waals surface area (Å²) >= 11 is 7.06. The third kappa shape index (κ3) is 4.70. The van der Waals surface area contributed by atoms with Gasteiger partial charge in [0.05, 0.1) is 24.0 Å². The van der Waals surface area contributed by atoms with E-state index in [2.05, 4.69) is 25.5 Å². The molecule has 0 bridgehead atoms.